The number of hydrogen-bond acceptors (Lipinski definition) is 7. The van der Waals surface area contributed by atoms with Gasteiger partial charge in [0.2, 0.25) is 11.7 Å². The number of halogens is 4. The molecule has 0 atom stereocenters. The molecule has 1 amide bonds. The second-order valence-electron chi connectivity index (χ2n) is 12.2. The Morgan fingerprint density at radius 2 is 1.64 bits per heavy atom. The standard InChI is InChI=1S/C32H35F4N5O3/c1-2-43-28-39-15-23(16-40-28)22-8-6-9-25(14-22)41(27(42)29-19-30(33,20-29)21-29)12-7-13-44-31(10-4-3-5-11-31)24-17-37-26(38-18-24)32(34,35)36/h6,8-9,14-18H,2-5,7,10-13,19-21H2,1H3. The third-order valence-electron chi connectivity index (χ3n) is 9.05. The third kappa shape index (κ3) is 5.88. The van der Waals surface area contributed by atoms with E-state index in [2.05, 4.69) is 19.9 Å². The lowest BCUT2D eigenvalue weighted by molar-refractivity contribution is -0.211. The van der Waals surface area contributed by atoms with Gasteiger partial charge in [-0.2, -0.15) is 13.2 Å². The molecule has 7 rings (SSSR count). The average Bonchev–Trinajstić information content (AvgIpc) is 2.99. The molecule has 3 aromatic rings. The molecule has 0 radical (unpaired) electrons. The fourth-order valence-electron chi connectivity index (χ4n) is 6.89. The van der Waals surface area contributed by atoms with E-state index in [9.17, 15) is 22.4 Å². The first kappa shape index (κ1) is 30.4. The van der Waals surface area contributed by atoms with Crippen molar-refractivity contribution in [2.75, 3.05) is 24.7 Å². The molecule has 4 aliphatic carbocycles. The Labute approximate surface area is 253 Å². The number of benzene rings is 1. The minimum Gasteiger partial charge on any atom is -0.464 e. The van der Waals surface area contributed by atoms with Crippen LogP contribution < -0.4 is 9.64 Å². The van der Waals surface area contributed by atoms with Gasteiger partial charge in [-0.25, -0.2) is 24.3 Å². The second-order valence-corrected chi connectivity index (χ2v) is 12.2. The molecule has 4 fully saturated rings. The van der Waals surface area contributed by atoms with Crippen LogP contribution in [0.5, 0.6) is 6.01 Å². The number of rotatable bonds is 11. The fourth-order valence-corrected chi connectivity index (χ4v) is 6.89. The van der Waals surface area contributed by atoms with Crippen molar-refractivity contribution in [3.63, 3.8) is 0 Å². The number of hydrogen-bond donors (Lipinski definition) is 0. The minimum atomic E-state index is -4.62. The topological polar surface area (TPSA) is 90.3 Å². The van der Waals surface area contributed by atoms with E-state index in [-0.39, 0.29) is 37.8 Å². The normalized spacial score (nSPS) is 23.8. The van der Waals surface area contributed by atoms with Crippen molar-refractivity contribution < 1.29 is 31.8 Å². The van der Waals surface area contributed by atoms with Crippen molar-refractivity contribution >= 4 is 11.6 Å². The third-order valence-corrected chi connectivity index (χ3v) is 9.05. The maximum atomic E-state index is 14.4. The predicted molar refractivity (Wildman–Crippen MR) is 153 cm³/mol. The minimum absolute atomic E-state index is 0.0966. The van der Waals surface area contributed by atoms with E-state index in [1.54, 1.807) is 17.3 Å². The van der Waals surface area contributed by atoms with Crippen molar-refractivity contribution in [1.29, 1.82) is 0 Å². The summed E-state index contributed by atoms with van der Waals surface area (Å²) in [7, 11) is 0. The second kappa shape index (κ2) is 11.7. The number of amides is 1. The largest absolute Gasteiger partial charge is 0.464 e. The number of alkyl halides is 4. The summed E-state index contributed by atoms with van der Waals surface area (Å²) in [5.41, 5.74) is 0.131. The molecule has 0 unspecified atom stereocenters. The number of carbonyl (C=O) groups excluding carboxylic acids is 1. The maximum absolute atomic E-state index is 14.4. The summed E-state index contributed by atoms with van der Waals surface area (Å²) < 4.78 is 65.4. The van der Waals surface area contributed by atoms with E-state index in [4.69, 9.17) is 9.47 Å². The van der Waals surface area contributed by atoms with E-state index >= 15 is 0 Å². The molecule has 2 bridgehead atoms. The molecule has 0 aliphatic heterocycles. The van der Waals surface area contributed by atoms with Crippen LogP contribution in [0, 0.1) is 5.41 Å². The summed E-state index contributed by atoms with van der Waals surface area (Å²) in [5, 5.41) is 0. The van der Waals surface area contributed by atoms with E-state index < -0.39 is 28.7 Å². The van der Waals surface area contributed by atoms with Crippen molar-refractivity contribution in [2.24, 2.45) is 5.41 Å². The van der Waals surface area contributed by atoms with Gasteiger partial charge in [-0.05, 0) is 63.1 Å². The maximum Gasteiger partial charge on any atom is 0.451 e. The van der Waals surface area contributed by atoms with Crippen LogP contribution in [-0.4, -0.2) is 51.3 Å². The Kier molecular flexibility index (Phi) is 8.06. The van der Waals surface area contributed by atoms with Crippen molar-refractivity contribution in [3.05, 3.63) is 60.4 Å². The van der Waals surface area contributed by atoms with Gasteiger partial charge in [0.05, 0.1) is 17.6 Å². The monoisotopic (exact) mass is 613 g/mol. The van der Waals surface area contributed by atoms with Gasteiger partial charge in [-0.1, -0.05) is 31.4 Å². The van der Waals surface area contributed by atoms with E-state index in [1.165, 1.54) is 12.4 Å². The van der Waals surface area contributed by atoms with Crippen LogP contribution in [0.2, 0.25) is 0 Å². The van der Waals surface area contributed by atoms with Crippen molar-refractivity contribution in [2.45, 2.75) is 82.2 Å². The zero-order valence-electron chi connectivity index (χ0n) is 24.6. The summed E-state index contributed by atoms with van der Waals surface area (Å²) >= 11 is 0. The van der Waals surface area contributed by atoms with Gasteiger partial charge in [0.1, 0.15) is 5.67 Å². The quantitative estimate of drug-likeness (QED) is 0.173. The van der Waals surface area contributed by atoms with Gasteiger partial charge in [0, 0.05) is 54.8 Å². The highest BCUT2D eigenvalue weighted by molar-refractivity contribution is 6.00. The highest BCUT2D eigenvalue weighted by atomic mass is 19.4. The molecule has 44 heavy (non-hydrogen) atoms. The van der Waals surface area contributed by atoms with Crippen LogP contribution in [0.15, 0.2) is 49.1 Å². The van der Waals surface area contributed by atoms with Gasteiger partial charge in [0.15, 0.2) is 0 Å². The first-order chi connectivity index (χ1) is 21.0. The Morgan fingerprint density at radius 3 is 2.25 bits per heavy atom. The van der Waals surface area contributed by atoms with Crippen molar-refractivity contribution in [3.8, 4) is 17.1 Å². The molecule has 8 nitrogen and oxygen atoms in total. The number of carbonyl (C=O) groups is 1. The molecule has 12 heteroatoms. The zero-order valence-corrected chi connectivity index (χ0v) is 24.6. The van der Waals surface area contributed by atoms with Gasteiger partial charge in [-0.3, -0.25) is 4.79 Å². The summed E-state index contributed by atoms with van der Waals surface area (Å²) in [6.07, 6.45) is 6.45. The van der Waals surface area contributed by atoms with Crippen LogP contribution in [0.3, 0.4) is 0 Å². The van der Waals surface area contributed by atoms with Gasteiger partial charge in [-0.15, -0.1) is 0 Å². The number of anilines is 1. The molecular weight excluding hydrogens is 578 g/mol. The summed E-state index contributed by atoms with van der Waals surface area (Å²) in [6, 6.07) is 7.81. The van der Waals surface area contributed by atoms with Gasteiger partial charge >= 0.3 is 12.2 Å². The lowest BCUT2D eigenvalue weighted by Crippen LogP contribution is -2.70. The van der Waals surface area contributed by atoms with Crippen molar-refractivity contribution in [1.82, 2.24) is 19.9 Å². The first-order valence-corrected chi connectivity index (χ1v) is 15.1. The molecule has 2 heterocycles. The molecule has 0 N–H and O–H groups in total. The Balaban J connectivity index is 1.18. The van der Waals surface area contributed by atoms with Crippen LogP contribution >= 0.6 is 0 Å². The fraction of sp³-hybridized carbons (Fsp3) is 0.531. The zero-order chi connectivity index (χ0) is 31.0. The summed E-state index contributed by atoms with van der Waals surface area (Å²) in [4.78, 5) is 31.2. The highest BCUT2D eigenvalue weighted by Crippen LogP contribution is 2.70. The molecule has 4 saturated carbocycles. The lowest BCUT2D eigenvalue weighted by atomic mass is 9.42. The molecule has 0 spiro atoms. The molecule has 234 valence electrons. The van der Waals surface area contributed by atoms with Crippen LogP contribution in [0.1, 0.15) is 76.1 Å². The van der Waals surface area contributed by atoms with Crippen LogP contribution in [0.4, 0.5) is 23.2 Å². The highest BCUT2D eigenvalue weighted by Gasteiger charge is 2.73. The van der Waals surface area contributed by atoms with E-state index in [0.717, 1.165) is 30.4 Å². The molecule has 1 aromatic carbocycles. The Hall–Kier alpha value is -3.67. The summed E-state index contributed by atoms with van der Waals surface area (Å²) in [5.74, 6) is -1.27. The Morgan fingerprint density at radius 1 is 0.955 bits per heavy atom. The van der Waals surface area contributed by atoms with Crippen LogP contribution in [0.25, 0.3) is 11.1 Å². The number of ether oxygens (including phenoxy) is 2. The smallest absolute Gasteiger partial charge is 0.451 e. The molecule has 0 saturated heterocycles. The molecule has 2 aromatic heterocycles. The first-order valence-electron chi connectivity index (χ1n) is 15.1. The lowest BCUT2D eigenvalue weighted by Gasteiger charge is -2.65. The van der Waals surface area contributed by atoms with Crippen LogP contribution in [-0.2, 0) is 21.3 Å². The SMILES string of the molecule is CCOc1ncc(-c2cccc(N(CCCOC3(c4cnc(C(F)(F)F)nc4)CCCCC3)C(=O)C34CC(F)(C3)C4)c2)cn1. The Bertz CT molecular complexity index is 1460. The van der Waals surface area contributed by atoms with Gasteiger partial charge in [0.25, 0.3) is 0 Å². The average molecular weight is 614 g/mol. The van der Waals surface area contributed by atoms with Gasteiger partial charge < -0.3 is 14.4 Å². The number of nitrogens with zero attached hydrogens (tertiary/aromatic N) is 5. The van der Waals surface area contributed by atoms with E-state index in [0.29, 0.717) is 43.7 Å². The molecule has 4 aliphatic rings. The predicted octanol–water partition coefficient (Wildman–Crippen LogP) is 6.84. The van der Waals surface area contributed by atoms with E-state index in [1.807, 2.05) is 31.2 Å². The molecular formula is C32H35F4N5O3. The number of aromatic nitrogens is 4. The summed E-state index contributed by atoms with van der Waals surface area (Å²) in [6.45, 7) is 2.92.